The molecular weight excluding hydrogens is 348 g/mol. The van der Waals surface area contributed by atoms with Gasteiger partial charge >= 0.3 is 0 Å². The molecule has 3 rings (SSSR count). The van der Waals surface area contributed by atoms with Crippen molar-refractivity contribution in [3.63, 3.8) is 0 Å². The molecule has 3 aromatic rings. The maximum absolute atomic E-state index is 12.2. The quantitative estimate of drug-likeness (QED) is 0.641. The SMILES string of the molecule is Cc1c(C)c2c(-c3ccc([C@@H](C)CN)cc3)c(O)cc(C)c2[nH]c1=O.Cl. The van der Waals surface area contributed by atoms with Crippen molar-refractivity contribution in [1.82, 2.24) is 4.98 Å². The molecule has 1 heterocycles. The highest BCUT2D eigenvalue weighted by molar-refractivity contribution is 6.01. The molecule has 4 nitrogen and oxygen atoms in total. The summed E-state index contributed by atoms with van der Waals surface area (Å²) in [6.07, 6.45) is 0. The monoisotopic (exact) mass is 372 g/mol. The van der Waals surface area contributed by atoms with E-state index in [1.165, 1.54) is 5.56 Å². The van der Waals surface area contributed by atoms with Gasteiger partial charge in [-0.05, 0) is 61.6 Å². The Balaban J connectivity index is 0.00000243. The minimum Gasteiger partial charge on any atom is -0.507 e. The second kappa shape index (κ2) is 7.52. The van der Waals surface area contributed by atoms with Crippen LogP contribution in [0.3, 0.4) is 0 Å². The fourth-order valence-electron chi connectivity index (χ4n) is 3.31. The molecule has 26 heavy (non-hydrogen) atoms. The first-order valence-corrected chi connectivity index (χ1v) is 8.51. The number of nitrogens with two attached hydrogens (primary N) is 1. The van der Waals surface area contributed by atoms with Crippen molar-refractivity contribution in [2.75, 3.05) is 6.54 Å². The van der Waals surface area contributed by atoms with Crippen molar-refractivity contribution in [2.24, 2.45) is 5.73 Å². The first-order chi connectivity index (χ1) is 11.8. The van der Waals surface area contributed by atoms with Crippen LogP contribution in [0.25, 0.3) is 22.0 Å². The van der Waals surface area contributed by atoms with E-state index in [4.69, 9.17) is 5.73 Å². The summed E-state index contributed by atoms with van der Waals surface area (Å²) in [6.45, 7) is 8.31. The Morgan fingerprint density at radius 2 is 1.73 bits per heavy atom. The van der Waals surface area contributed by atoms with Crippen molar-refractivity contribution in [3.8, 4) is 16.9 Å². The Kier molecular flexibility index (Phi) is 5.79. The topological polar surface area (TPSA) is 79.1 Å². The van der Waals surface area contributed by atoms with Crippen LogP contribution in [0.1, 0.15) is 35.1 Å². The summed E-state index contributed by atoms with van der Waals surface area (Å²) in [5.74, 6) is 0.511. The highest BCUT2D eigenvalue weighted by Gasteiger charge is 2.17. The maximum Gasteiger partial charge on any atom is 0.251 e. The molecule has 2 aromatic carbocycles. The number of hydrogen-bond donors (Lipinski definition) is 3. The molecule has 0 fully saturated rings. The Hall–Kier alpha value is -2.30. The van der Waals surface area contributed by atoms with E-state index in [1.54, 1.807) is 6.07 Å². The number of nitrogens with one attached hydrogen (secondary N) is 1. The van der Waals surface area contributed by atoms with Crippen LogP contribution < -0.4 is 11.3 Å². The number of benzene rings is 2. The summed E-state index contributed by atoms with van der Waals surface area (Å²) < 4.78 is 0. The summed E-state index contributed by atoms with van der Waals surface area (Å²) in [5.41, 5.74) is 11.7. The molecule has 5 heteroatoms. The lowest BCUT2D eigenvalue weighted by molar-refractivity contribution is 0.477. The molecule has 0 amide bonds. The molecule has 4 N–H and O–H groups in total. The molecule has 0 aliphatic heterocycles. The summed E-state index contributed by atoms with van der Waals surface area (Å²) in [6, 6.07) is 9.81. The van der Waals surface area contributed by atoms with E-state index >= 15 is 0 Å². The second-order valence-corrected chi connectivity index (χ2v) is 6.80. The van der Waals surface area contributed by atoms with Crippen LogP contribution in [0.15, 0.2) is 35.1 Å². The zero-order chi connectivity index (χ0) is 18.3. The maximum atomic E-state index is 12.2. The van der Waals surface area contributed by atoms with Gasteiger partial charge in [0, 0.05) is 16.5 Å². The number of phenolic OH excluding ortho intramolecular Hbond substituents is 1. The van der Waals surface area contributed by atoms with E-state index in [9.17, 15) is 9.90 Å². The van der Waals surface area contributed by atoms with Crippen molar-refractivity contribution in [3.05, 3.63) is 62.9 Å². The number of aromatic nitrogens is 1. The van der Waals surface area contributed by atoms with Gasteiger partial charge in [0.1, 0.15) is 5.75 Å². The van der Waals surface area contributed by atoms with Crippen LogP contribution >= 0.6 is 12.4 Å². The standard InChI is InChI=1S/C21H24N2O2.ClH/c1-11-9-17(24)19(16-7-5-15(6-8-16)12(2)10-22)18-13(3)14(4)21(25)23-20(11)18;/h5-9,12,24H,10,22H2,1-4H3,(H,23,25);1H/t12-;/m0./s1. The van der Waals surface area contributed by atoms with Crippen LogP contribution in [-0.2, 0) is 0 Å². The van der Waals surface area contributed by atoms with Crippen LogP contribution in [0.4, 0.5) is 0 Å². The Morgan fingerprint density at radius 1 is 1.12 bits per heavy atom. The molecule has 0 saturated carbocycles. The second-order valence-electron chi connectivity index (χ2n) is 6.80. The smallest absolute Gasteiger partial charge is 0.251 e. The van der Waals surface area contributed by atoms with Gasteiger partial charge in [-0.25, -0.2) is 0 Å². The largest absolute Gasteiger partial charge is 0.507 e. The predicted octanol–water partition coefficient (Wildman–Crippen LogP) is 4.31. The Morgan fingerprint density at radius 3 is 2.31 bits per heavy atom. The zero-order valence-electron chi connectivity index (χ0n) is 15.5. The van der Waals surface area contributed by atoms with Crippen LogP contribution in [0.2, 0.25) is 0 Å². The molecule has 138 valence electrons. The van der Waals surface area contributed by atoms with E-state index in [0.29, 0.717) is 12.1 Å². The number of hydrogen-bond acceptors (Lipinski definition) is 3. The number of aromatic amines is 1. The lowest BCUT2D eigenvalue weighted by Crippen LogP contribution is -2.12. The summed E-state index contributed by atoms with van der Waals surface area (Å²) in [5, 5.41) is 11.5. The van der Waals surface area contributed by atoms with Gasteiger partial charge in [0.15, 0.2) is 0 Å². The Bertz CT molecular complexity index is 1010. The van der Waals surface area contributed by atoms with E-state index in [-0.39, 0.29) is 29.6 Å². The van der Waals surface area contributed by atoms with Gasteiger partial charge < -0.3 is 15.8 Å². The van der Waals surface area contributed by atoms with Gasteiger partial charge in [-0.2, -0.15) is 0 Å². The number of aryl methyl sites for hydroxylation is 2. The van der Waals surface area contributed by atoms with Crippen molar-refractivity contribution in [2.45, 2.75) is 33.6 Å². The summed E-state index contributed by atoms with van der Waals surface area (Å²) >= 11 is 0. The normalized spacial score (nSPS) is 12.0. The number of pyridine rings is 1. The lowest BCUT2D eigenvalue weighted by Gasteiger charge is -2.16. The number of aromatic hydroxyl groups is 1. The van der Waals surface area contributed by atoms with Gasteiger partial charge in [-0.3, -0.25) is 4.79 Å². The molecule has 0 radical (unpaired) electrons. The van der Waals surface area contributed by atoms with Gasteiger partial charge in [-0.1, -0.05) is 31.2 Å². The highest BCUT2D eigenvalue weighted by atomic mass is 35.5. The molecule has 0 unspecified atom stereocenters. The lowest BCUT2D eigenvalue weighted by atomic mass is 9.91. The molecule has 0 bridgehead atoms. The van der Waals surface area contributed by atoms with Crippen molar-refractivity contribution in [1.29, 1.82) is 0 Å². The molecule has 1 aromatic heterocycles. The van der Waals surface area contributed by atoms with Crippen LogP contribution in [-0.4, -0.2) is 16.6 Å². The first-order valence-electron chi connectivity index (χ1n) is 8.51. The average Bonchev–Trinajstić information content (AvgIpc) is 2.60. The van der Waals surface area contributed by atoms with Crippen molar-refractivity contribution < 1.29 is 5.11 Å². The molecule has 0 saturated heterocycles. The average molecular weight is 373 g/mol. The number of fused-ring (bicyclic) bond motifs is 1. The van der Waals surface area contributed by atoms with E-state index in [1.807, 2.05) is 45.0 Å². The number of H-pyrrole nitrogens is 1. The fourth-order valence-corrected chi connectivity index (χ4v) is 3.31. The summed E-state index contributed by atoms with van der Waals surface area (Å²) in [7, 11) is 0. The van der Waals surface area contributed by atoms with Gasteiger partial charge in [0.25, 0.3) is 5.56 Å². The van der Waals surface area contributed by atoms with Gasteiger partial charge in [0.2, 0.25) is 0 Å². The Labute approximate surface area is 159 Å². The first kappa shape index (κ1) is 20.0. The fraction of sp³-hybridized carbons (Fsp3) is 0.286. The van der Waals surface area contributed by atoms with E-state index in [0.717, 1.165) is 33.2 Å². The van der Waals surface area contributed by atoms with E-state index in [2.05, 4.69) is 11.9 Å². The minimum absolute atomic E-state index is 0. The van der Waals surface area contributed by atoms with Crippen molar-refractivity contribution >= 4 is 23.3 Å². The zero-order valence-corrected chi connectivity index (χ0v) is 16.3. The van der Waals surface area contributed by atoms with E-state index < -0.39 is 0 Å². The third-order valence-electron chi connectivity index (χ3n) is 5.14. The number of rotatable bonds is 3. The molecule has 0 aliphatic carbocycles. The molecule has 0 spiro atoms. The minimum atomic E-state index is -0.0862. The van der Waals surface area contributed by atoms with Gasteiger partial charge in [0.05, 0.1) is 5.52 Å². The number of halogens is 1. The third kappa shape index (κ3) is 3.22. The van der Waals surface area contributed by atoms with Gasteiger partial charge in [-0.15, -0.1) is 12.4 Å². The highest BCUT2D eigenvalue weighted by Crippen LogP contribution is 2.39. The summed E-state index contributed by atoms with van der Waals surface area (Å²) in [4.78, 5) is 15.1. The predicted molar refractivity (Wildman–Crippen MR) is 111 cm³/mol. The third-order valence-corrected chi connectivity index (χ3v) is 5.14. The van der Waals surface area contributed by atoms with Crippen LogP contribution in [0, 0.1) is 20.8 Å². The molecule has 1 atom stereocenters. The molecular formula is C21H25ClN2O2. The number of phenols is 1. The van der Waals surface area contributed by atoms with Crippen LogP contribution in [0.5, 0.6) is 5.75 Å². The molecule has 0 aliphatic rings.